The predicted octanol–water partition coefficient (Wildman–Crippen LogP) is 4.97. The first-order chi connectivity index (χ1) is 18.9. The topological polar surface area (TPSA) is 140 Å². The molecule has 40 heavy (non-hydrogen) atoms. The third-order valence-corrected chi connectivity index (χ3v) is 6.51. The minimum Gasteiger partial charge on any atom is -0.467 e. The van der Waals surface area contributed by atoms with Crippen molar-refractivity contribution in [2.75, 3.05) is 13.7 Å². The van der Waals surface area contributed by atoms with Crippen molar-refractivity contribution in [2.24, 2.45) is 5.92 Å². The number of ketones is 1. The molecule has 0 spiro atoms. The van der Waals surface area contributed by atoms with E-state index in [1.54, 1.807) is 27.7 Å². The predicted molar refractivity (Wildman–Crippen MR) is 156 cm³/mol. The van der Waals surface area contributed by atoms with Crippen LogP contribution in [0.5, 0.6) is 0 Å². The summed E-state index contributed by atoms with van der Waals surface area (Å²) in [4.78, 5) is 62.9. The van der Waals surface area contributed by atoms with Gasteiger partial charge in [0.25, 0.3) is 0 Å². The van der Waals surface area contributed by atoms with Gasteiger partial charge in [0.1, 0.15) is 11.6 Å². The Morgan fingerprint density at radius 1 is 0.750 bits per heavy atom. The van der Waals surface area contributed by atoms with Crippen molar-refractivity contribution < 1.29 is 33.4 Å². The maximum absolute atomic E-state index is 13.3. The van der Waals surface area contributed by atoms with Crippen molar-refractivity contribution in [3.63, 3.8) is 0 Å². The number of nitrogens with one attached hydrogen (secondary N) is 3. The van der Waals surface area contributed by atoms with E-state index < -0.39 is 35.7 Å². The molecule has 0 bridgehead atoms. The van der Waals surface area contributed by atoms with E-state index in [1.807, 2.05) is 0 Å². The summed E-state index contributed by atoms with van der Waals surface area (Å²) in [5.41, 5.74) is -0.587. The van der Waals surface area contributed by atoms with E-state index in [-0.39, 0.29) is 30.4 Å². The number of unbranched alkanes of at least 4 members (excludes halogenated alkanes) is 5. The molecule has 0 radical (unpaired) electrons. The highest BCUT2D eigenvalue weighted by Gasteiger charge is 2.30. The van der Waals surface area contributed by atoms with Gasteiger partial charge in [0.2, 0.25) is 11.8 Å². The molecule has 0 saturated carbocycles. The van der Waals surface area contributed by atoms with Crippen LogP contribution in [0, 0.1) is 5.92 Å². The minimum absolute atomic E-state index is 0.00400. The number of methoxy groups -OCH3 is 1. The van der Waals surface area contributed by atoms with Crippen LogP contribution in [0.25, 0.3) is 0 Å². The first-order valence-electron chi connectivity index (χ1n) is 15.0. The Morgan fingerprint density at radius 3 is 1.88 bits per heavy atom. The number of carbonyl (C=O) groups excluding carboxylic acids is 5. The molecule has 0 aromatic heterocycles. The number of hydrogen-bond donors (Lipinski definition) is 3. The summed E-state index contributed by atoms with van der Waals surface area (Å²) in [5.74, 6) is -1.86. The lowest BCUT2D eigenvalue weighted by molar-refractivity contribution is -0.146. The lowest BCUT2D eigenvalue weighted by atomic mass is 9.90. The van der Waals surface area contributed by atoms with Crippen LogP contribution in [-0.2, 0) is 28.7 Å². The highest BCUT2D eigenvalue weighted by Crippen LogP contribution is 2.19. The second-order valence-corrected chi connectivity index (χ2v) is 11.3. The maximum atomic E-state index is 13.3. The number of ether oxygens (including phenoxy) is 2. The molecule has 0 aliphatic carbocycles. The van der Waals surface area contributed by atoms with E-state index in [9.17, 15) is 24.0 Å². The average Bonchev–Trinajstić information content (AvgIpc) is 2.89. The highest BCUT2D eigenvalue weighted by molar-refractivity contribution is 5.93. The van der Waals surface area contributed by atoms with E-state index in [0.717, 1.165) is 38.5 Å². The van der Waals surface area contributed by atoms with Gasteiger partial charge >= 0.3 is 12.1 Å². The third-order valence-electron chi connectivity index (χ3n) is 6.51. The fourth-order valence-electron chi connectivity index (χ4n) is 4.22. The average molecular weight is 570 g/mol. The molecule has 0 aromatic carbocycles. The van der Waals surface area contributed by atoms with Gasteiger partial charge in [0.05, 0.1) is 13.2 Å². The SMILES string of the molecule is CCCCC[C@H](CC(=O)[C@H](CCCCC)NC(=O)CC)C(=O)N[C@@H](CCCCNC(=O)OC(C)(C)C)C(=O)OC. The summed E-state index contributed by atoms with van der Waals surface area (Å²) in [7, 11) is 1.27. The van der Waals surface area contributed by atoms with Crippen LogP contribution < -0.4 is 16.0 Å². The lowest BCUT2D eigenvalue weighted by Crippen LogP contribution is -2.46. The lowest BCUT2D eigenvalue weighted by Gasteiger charge is -2.23. The maximum Gasteiger partial charge on any atom is 0.407 e. The van der Waals surface area contributed by atoms with Gasteiger partial charge in [-0.15, -0.1) is 0 Å². The molecule has 0 unspecified atom stereocenters. The van der Waals surface area contributed by atoms with E-state index >= 15 is 0 Å². The number of esters is 1. The summed E-state index contributed by atoms with van der Waals surface area (Å²) in [6.45, 7) is 11.6. The summed E-state index contributed by atoms with van der Waals surface area (Å²) in [6.07, 6.45) is 7.75. The summed E-state index contributed by atoms with van der Waals surface area (Å²) in [5, 5.41) is 8.32. The van der Waals surface area contributed by atoms with Crippen molar-refractivity contribution in [3.05, 3.63) is 0 Å². The van der Waals surface area contributed by atoms with Crippen LogP contribution in [0.3, 0.4) is 0 Å². The number of Topliss-reactive ketones (excluding diaryl/α,β-unsaturated/α-hetero) is 1. The highest BCUT2D eigenvalue weighted by atomic mass is 16.6. The molecular weight excluding hydrogens is 514 g/mol. The first-order valence-corrected chi connectivity index (χ1v) is 15.0. The number of alkyl carbamates (subject to hydrolysis) is 1. The molecule has 10 heteroatoms. The number of rotatable bonds is 21. The van der Waals surface area contributed by atoms with Crippen LogP contribution in [0.4, 0.5) is 4.79 Å². The number of amides is 3. The van der Waals surface area contributed by atoms with Gasteiger partial charge in [-0.2, -0.15) is 0 Å². The Hall–Kier alpha value is -2.65. The number of carbonyl (C=O) groups is 5. The van der Waals surface area contributed by atoms with Crippen LogP contribution in [0.2, 0.25) is 0 Å². The van der Waals surface area contributed by atoms with Gasteiger partial charge in [0, 0.05) is 25.3 Å². The fourth-order valence-corrected chi connectivity index (χ4v) is 4.22. The van der Waals surface area contributed by atoms with Gasteiger partial charge in [-0.3, -0.25) is 14.4 Å². The molecule has 0 aliphatic rings. The quantitative estimate of drug-likeness (QED) is 0.131. The van der Waals surface area contributed by atoms with Gasteiger partial charge in [0.15, 0.2) is 5.78 Å². The monoisotopic (exact) mass is 569 g/mol. The Morgan fingerprint density at radius 2 is 1.32 bits per heavy atom. The zero-order chi connectivity index (χ0) is 30.6. The summed E-state index contributed by atoms with van der Waals surface area (Å²) in [6, 6.07) is -1.47. The second-order valence-electron chi connectivity index (χ2n) is 11.3. The van der Waals surface area contributed by atoms with E-state index in [4.69, 9.17) is 9.47 Å². The van der Waals surface area contributed by atoms with Crippen molar-refractivity contribution in [2.45, 2.75) is 143 Å². The van der Waals surface area contributed by atoms with E-state index in [0.29, 0.717) is 38.6 Å². The van der Waals surface area contributed by atoms with Crippen molar-refractivity contribution in [3.8, 4) is 0 Å². The molecule has 0 rings (SSSR count). The Kier molecular flexibility index (Phi) is 19.7. The third kappa shape index (κ3) is 17.8. The normalized spacial score (nSPS) is 13.5. The van der Waals surface area contributed by atoms with Crippen LogP contribution in [-0.4, -0.2) is 61.0 Å². The molecule has 0 heterocycles. The van der Waals surface area contributed by atoms with E-state index in [1.165, 1.54) is 7.11 Å². The van der Waals surface area contributed by atoms with Crippen molar-refractivity contribution >= 4 is 29.7 Å². The molecule has 10 nitrogen and oxygen atoms in total. The molecule has 232 valence electrons. The largest absolute Gasteiger partial charge is 0.467 e. The fraction of sp³-hybridized carbons (Fsp3) is 0.833. The molecule has 0 fully saturated rings. The van der Waals surface area contributed by atoms with Crippen LogP contribution in [0.15, 0.2) is 0 Å². The molecule has 0 saturated heterocycles. The minimum atomic E-state index is -0.858. The molecule has 0 aliphatic heterocycles. The summed E-state index contributed by atoms with van der Waals surface area (Å²) < 4.78 is 10.1. The van der Waals surface area contributed by atoms with Crippen molar-refractivity contribution in [1.29, 1.82) is 0 Å². The smallest absolute Gasteiger partial charge is 0.407 e. The van der Waals surface area contributed by atoms with Crippen LogP contribution in [0.1, 0.15) is 125 Å². The van der Waals surface area contributed by atoms with E-state index in [2.05, 4.69) is 29.8 Å². The van der Waals surface area contributed by atoms with Crippen molar-refractivity contribution in [1.82, 2.24) is 16.0 Å². The van der Waals surface area contributed by atoms with Crippen LogP contribution >= 0.6 is 0 Å². The molecule has 3 N–H and O–H groups in total. The molecular formula is C30H55N3O7. The van der Waals surface area contributed by atoms with Gasteiger partial charge in [-0.1, -0.05) is 59.3 Å². The molecule has 3 atom stereocenters. The molecule has 0 aromatic rings. The molecule has 3 amide bonds. The first kappa shape index (κ1) is 37.4. The van der Waals surface area contributed by atoms with Gasteiger partial charge in [-0.25, -0.2) is 9.59 Å². The van der Waals surface area contributed by atoms with Gasteiger partial charge < -0.3 is 25.4 Å². The Labute approximate surface area is 241 Å². The zero-order valence-electron chi connectivity index (χ0n) is 26.0. The Bertz CT molecular complexity index is 780. The number of hydrogen-bond acceptors (Lipinski definition) is 7. The summed E-state index contributed by atoms with van der Waals surface area (Å²) >= 11 is 0. The van der Waals surface area contributed by atoms with Gasteiger partial charge in [-0.05, 0) is 52.9 Å². The zero-order valence-corrected chi connectivity index (χ0v) is 26.0. The Balaban J connectivity index is 5.27. The second kappa shape index (κ2) is 21.1. The standard InChI is InChI=1S/C30H55N3O7/c1-8-11-13-17-22(21-25(34)23(18-14-12-9-2)32-26(35)10-3)27(36)33-24(28(37)39-7)19-15-16-20-31-29(38)40-30(4,5)6/h22-24H,8-21H2,1-7H3,(H,31,38)(H,32,35)(H,33,36)/t22-,23+,24+/m1/s1.